The Bertz CT molecular complexity index is 226. The van der Waals surface area contributed by atoms with Crippen LogP contribution in [0.15, 0.2) is 12.2 Å². The monoisotopic (exact) mass is 246 g/mol. The predicted molar refractivity (Wildman–Crippen MR) is 78.2 cm³/mol. The van der Waals surface area contributed by atoms with Crippen LogP contribution in [0, 0.1) is 5.41 Å². The highest BCUT2D eigenvalue weighted by molar-refractivity contribution is 8.00. The van der Waals surface area contributed by atoms with Gasteiger partial charge in [-0.05, 0) is 19.3 Å². The van der Waals surface area contributed by atoms with Gasteiger partial charge in [-0.3, -0.25) is 0 Å². The van der Waals surface area contributed by atoms with Gasteiger partial charge in [0.25, 0.3) is 0 Å². The van der Waals surface area contributed by atoms with Crippen molar-refractivity contribution in [2.45, 2.75) is 58.0 Å². The predicted octanol–water partition coefficient (Wildman–Crippen LogP) is 4.81. The fourth-order valence-electron chi connectivity index (χ4n) is 0.661. The highest BCUT2D eigenvalue weighted by atomic mass is 32.2. The molecule has 0 amide bonds. The molecule has 0 N–H and O–H groups in total. The molecule has 0 aromatic carbocycles. The highest BCUT2D eigenvalue weighted by Crippen LogP contribution is 2.42. The molecule has 0 aromatic rings. The Morgan fingerprint density at radius 2 is 1.47 bits per heavy atom. The van der Waals surface area contributed by atoms with Gasteiger partial charge >= 0.3 is 0 Å². The average Bonchev–Trinajstić information content (AvgIpc) is 1.96. The lowest BCUT2D eigenvalue weighted by atomic mass is 9.83. The van der Waals surface area contributed by atoms with Crippen molar-refractivity contribution in [3.8, 4) is 0 Å². The molecule has 0 saturated carbocycles. The van der Waals surface area contributed by atoms with Gasteiger partial charge in [-0.25, -0.2) is 0 Å². The summed E-state index contributed by atoms with van der Waals surface area (Å²) >= 11 is 6.51. The van der Waals surface area contributed by atoms with E-state index >= 15 is 0 Å². The van der Waals surface area contributed by atoms with E-state index in [4.69, 9.17) is 0 Å². The van der Waals surface area contributed by atoms with Crippen LogP contribution in [-0.4, -0.2) is 15.2 Å². The van der Waals surface area contributed by atoms with Crippen LogP contribution in [0.2, 0.25) is 0 Å². The van der Waals surface area contributed by atoms with Crippen LogP contribution in [0.5, 0.6) is 0 Å². The number of hydrogen-bond donors (Lipinski definition) is 1. The number of hydrogen-bond acceptors (Lipinski definition) is 2. The first-order valence-corrected chi connectivity index (χ1v) is 6.86. The second kappa shape index (κ2) is 4.75. The summed E-state index contributed by atoms with van der Waals surface area (Å²) in [5, 5.41) is 0. The Morgan fingerprint density at radius 3 is 1.73 bits per heavy atom. The molecule has 0 aliphatic carbocycles. The zero-order chi connectivity index (χ0) is 12.5. The van der Waals surface area contributed by atoms with E-state index in [-0.39, 0.29) is 9.49 Å². The molecule has 0 atom stereocenters. The van der Waals surface area contributed by atoms with Gasteiger partial charge in [0.2, 0.25) is 0 Å². The van der Waals surface area contributed by atoms with E-state index in [0.29, 0.717) is 5.41 Å². The smallest absolute Gasteiger partial charge is 0.0287 e. The van der Waals surface area contributed by atoms with Crippen LogP contribution < -0.4 is 0 Å². The summed E-state index contributed by atoms with van der Waals surface area (Å²) < 4.78 is 0.190. The molecule has 0 aliphatic heterocycles. The van der Waals surface area contributed by atoms with Crippen molar-refractivity contribution in [3.63, 3.8) is 0 Å². The maximum atomic E-state index is 4.54. The van der Waals surface area contributed by atoms with E-state index in [0.717, 1.165) is 5.75 Å². The van der Waals surface area contributed by atoms with Crippen molar-refractivity contribution >= 4 is 24.4 Å². The largest absolute Gasteiger partial charge is 0.169 e. The fraction of sp³-hybridized carbons (Fsp3) is 0.846. The minimum atomic E-state index is -0.0685. The third-order valence-electron chi connectivity index (χ3n) is 3.28. The molecule has 90 valence electrons. The molecule has 0 radical (unpaired) electrons. The van der Waals surface area contributed by atoms with Gasteiger partial charge in [0.1, 0.15) is 0 Å². The summed E-state index contributed by atoms with van der Waals surface area (Å²) in [6, 6.07) is 0. The van der Waals surface area contributed by atoms with Gasteiger partial charge in [0.05, 0.1) is 0 Å². The summed E-state index contributed by atoms with van der Waals surface area (Å²) in [5.41, 5.74) is 1.51. The summed E-state index contributed by atoms with van der Waals surface area (Å²) in [7, 11) is 0. The lowest BCUT2D eigenvalue weighted by Crippen LogP contribution is -2.34. The Labute approximate surface area is 106 Å². The fourth-order valence-corrected chi connectivity index (χ4v) is 2.18. The van der Waals surface area contributed by atoms with Crippen LogP contribution in [0.3, 0.4) is 0 Å². The lowest BCUT2D eigenvalue weighted by Gasteiger charge is -2.39. The van der Waals surface area contributed by atoms with Gasteiger partial charge in [0.15, 0.2) is 0 Å². The van der Waals surface area contributed by atoms with Crippen molar-refractivity contribution in [3.05, 3.63) is 12.2 Å². The standard InChI is InChI=1S/C13H26S2/c1-10(12(5,6)14)9-15-13(7,8)11(2,3)4/h14H,1,9H2,2-8H3. The van der Waals surface area contributed by atoms with E-state index in [1.807, 2.05) is 11.8 Å². The van der Waals surface area contributed by atoms with Crippen LogP contribution in [0.25, 0.3) is 0 Å². The highest BCUT2D eigenvalue weighted by Gasteiger charge is 2.33. The number of thioether (sulfide) groups is 1. The molecule has 15 heavy (non-hydrogen) atoms. The zero-order valence-electron chi connectivity index (χ0n) is 11.3. The van der Waals surface area contributed by atoms with Gasteiger partial charge in [-0.2, -0.15) is 24.4 Å². The molecule has 0 heterocycles. The molecule has 0 aliphatic rings. The third-order valence-corrected chi connectivity index (χ3v) is 5.42. The molecule has 0 rings (SSSR count). The maximum absolute atomic E-state index is 4.54. The molecular formula is C13H26S2. The van der Waals surface area contributed by atoms with Crippen molar-refractivity contribution < 1.29 is 0 Å². The SMILES string of the molecule is C=C(CSC(C)(C)C(C)(C)C)C(C)(C)S. The van der Waals surface area contributed by atoms with Crippen LogP contribution in [0.4, 0.5) is 0 Å². The first kappa shape index (κ1) is 15.4. The van der Waals surface area contributed by atoms with Gasteiger partial charge in [-0.1, -0.05) is 46.8 Å². The van der Waals surface area contributed by atoms with Gasteiger partial charge in [-0.15, -0.1) is 0 Å². The van der Waals surface area contributed by atoms with E-state index in [1.165, 1.54) is 5.57 Å². The Balaban J connectivity index is 4.36. The second-order valence-electron chi connectivity index (χ2n) is 6.21. The minimum absolute atomic E-state index is 0.0685. The molecule has 0 saturated heterocycles. The normalized spacial score (nSPS) is 14.1. The lowest BCUT2D eigenvalue weighted by molar-refractivity contribution is 0.320. The summed E-state index contributed by atoms with van der Waals surface area (Å²) in [6.45, 7) is 19.8. The van der Waals surface area contributed by atoms with Crippen molar-refractivity contribution in [1.82, 2.24) is 0 Å². The molecule has 0 fully saturated rings. The van der Waals surface area contributed by atoms with Gasteiger partial charge < -0.3 is 0 Å². The van der Waals surface area contributed by atoms with E-state index in [1.54, 1.807) is 0 Å². The molecule has 0 nitrogen and oxygen atoms in total. The van der Waals surface area contributed by atoms with Crippen molar-refractivity contribution in [1.29, 1.82) is 0 Å². The van der Waals surface area contributed by atoms with E-state index in [9.17, 15) is 0 Å². The average molecular weight is 246 g/mol. The second-order valence-corrected chi connectivity index (χ2v) is 8.93. The van der Waals surface area contributed by atoms with Gasteiger partial charge in [0, 0.05) is 15.2 Å². The molecule has 2 heteroatoms. The maximum Gasteiger partial charge on any atom is 0.0287 e. The molecular weight excluding hydrogens is 220 g/mol. The summed E-state index contributed by atoms with van der Waals surface area (Å²) in [4.78, 5) is 0. The van der Waals surface area contributed by atoms with Crippen molar-refractivity contribution in [2.75, 3.05) is 5.75 Å². The Morgan fingerprint density at radius 1 is 1.07 bits per heavy atom. The van der Waals surface area contributed by atoms with Crippen LogP contribution in [-0.2, 0) is 0 Å². The first-order valence-electron chi connectivity index (χ1n) is 5.42. The molecule has 0 unspecified atom stereocenters. The van der Waals surface area contributed by atoms with E-state index < -0.39 is 0 Å². The third kappa shape index (κ3) is 4.86. The summed E-state index contributed by atoms with van der Waals surface area (Å²) in [5.74, 6) is 0.987. The molecule has 0 bridgehead atoms. The number of rotatable bonds is 4. The quantitative estimate of drug-likeness (QED) is 0.549. The molecule has 0 spiro atoms. The van der Waals surface area contributed by atoms with Crippen molar-refractivity contribution in [2.24, 2.45) is 5.41 Å². The molecule has 0 aromatic heterocycles. The first-order chi connectivity index (χ1) is 6.38. The topological polar surface area (TPSA) is 0 Å². The minimum Gasteiger partial charge on any atom is -0.169 e. The Kier molecular flexibility index (Phi) is 4.89. The van der Waals surface area contributed by atoms with Crippen LogP contribution >= 0.6 is 24.4 Å². The summed E-state index contributed by atoms with van der Waals surface area (Å²) in [6.07, 6.45) is 0. The number of thiol groups is 1. The zero-order valence-corrected chi connectivity index (χ0v) is 13.0. The van der Waals surface area contributed by atoms with E-state index in [2.05, 4.69) is 67.7 Å². The van der Waals surface area contributed by atoms with Crippen LogP contribution in [0.1, 0.15) is 48.5 Å². The Hall–Kier alpha value is 0.440.